The second-order valence-corrected chi connectivity index (χ2v) is 6.62. The summed E-state index contributed by atoms with van der Waals surface area (Å²) in [5, 5.41) is 4.07. The molecule has 1 amide bonds. The highest BCUT2D eigenvalue weighted by atomic mass is 32.1. The molecular weight excluding hydrogens is 314 g/mol. The van der Waals surface area contributed by atoms with E-state index in [1.807, 2.05) is 52.7 Å². The fourth-order valence-corrected chi connectivity index (χ4v) is 3.35. The normalized spacial score (nSPS) is 10.5. The molecule has 0 saturated carbocycles. The van der Waals surface area contributed by atoms with Crippen LogP contribution in [0.3, 0.4) is 0 Å². The van der Waals surface area contributed by atoms with Crippen LogP contribution in [-0.2, 0) is 24.2 Å². The van der Waals surface area contributed by atoms with Crippen LogP contribution < -0.4 is 0 Å². The lowest BCUT2D eigenvalue weighted by Crippen LogP contribution is -2.33. The maximum atomic E-state index is 12.8. The number of amides is 1. The number of hydrogen-bond acceptors (Lipinski definition) is 2. The Labute approximate surface area is 147 Å². The Morgan fingerprint density at radius 3 is 2.12 bits per heavy atom. The molecule has 3 rings (SSSR count). The lowest BCUT2D eigenvalue weighted by molar-refractivity contribution is -0.131. The second-order valence-electron chi connectivity index (χ2n) is 5.84. The van der Waals surface area contributed by atoms with Crippen molar-refractivity contribution in [3.05, 3.63) is 94.2 Å². The van der Waals surface area contributed by atoms with Gasteiger partial charge in [-0.1, -0.05) is 60.7 Å². The minimum absolute atomic E-state index is 0.188. The molecule has 0 saturated heterocycles. The summed E-state index contributed by atoms with van der Waals surface area (Å²) in [6.07, 6.45) is 1.36. The first-order chi connectivity index (χ1) is 11.8. The van der Waals surface area contributed by atoms with Crippen molar-refractivity contribution in [3.8, 4) is 0 Å². The van der Waals surface area contributed by atoms with Crippen LogP contribution in [0.25, 0.3) is 0 Å². The predicted molar refractivity (Wildman–Crippen MR) is 100 cm³/mol. The smallest absolute Gasteiger partial charge is 0.227 e. The molecule has 0 aliphatic carbocycles. The summed E-state index contributed by atoms with van der Waals surface area (Å²) < 4.78 is 0. The van der Waals surface area contributed by atoms with E-state index in [0.29, 0.717) is 13.0 Å². The summed E-state index contributed by atoms with van der Waals surface area (Å²) in [5.41, 5.74) is 3.53. The molecule has 2 aromatic carbocycles. The van der Waals surface area contributed by atoms with Crippen LogP contribution in [0.15, 0.2) is 77.5 Å². The van der Waals surface area contributed by atoms with Crippen LogP contribution in [0, 0.1) is 0 Å². The average molecular weight is 335 g/mol. The molecular formula is C21H21NOS. The van der Waals surface area contributed by atoms with Gasteiger partial charge in [0.05, 0.1) is 6.42 Å². The Morgan fingerprint density at radius 2 is 1.50 bits per heavy atom. The van der Waals surface area contributed by atoms with Gasteiger partial charge >= 0.3 is 0 Å². The molecule has 3 aromatic rings. The molecule has 2 nitrogen and oxygen atoms in total. The second kappa shape index (κ2) is 8.46. The number of carbonyl (C=O) groups excluding carboxylic acids is 1. The Bertz CT molecular complexity index is 738. The van der Waals surface area contributed by atoms with Gasteiger partial charge in [0.25, 0.3) is 0 Å². The fraction of sp³-hybridized carbons (Fsp3) is 0.190. The van der Waals surface area contributed by atoms with E-state index in [9.17, 15) is 4.79 Å². The van der Waals surface area contributed by atoms with E-state index in [2.05, 4.69) is 29.6 Å². The van der Waals surface area contributed by atoms with Crippen LogP contribution >= 0.6 is 11.3 Å². The third kappa shape index (κ3) is 4.80. The zero-order chi connectivity index (χ0) is 16.6. The maximum Gasteiger partial charge on any atom is 0.227 e. The van der Waals surface area contributed by atoms with Crippen molar-refractivity contribution in [2.75, 3.05) is 6.54 Å². The highest BCUT2D eigenvalue weighted by molar-refractivity contribution is 7.08. The average Bonchev–Trinajstić information content (AvgIpc) is 3.13. The topological polar surface area (TPSA) is 20.3 Å². The molecule has 0 aliphatic heterocycles. The Kier molecular flexibility index (Phi) is 5.80. The quantitative estimate of drug-likeness (QED) is 0.620. The lowest BCUT2D eigenvalue weighted by atomic mass is 10.1. The summed E-state index contributed by atoms with van der Waals surface area (Å²) in [5.74, 6) is 0.188. The van der Waals surface area contributed by atoms with E-state index in [0.717, 1.165) is 18.5 Å². The number of nitrogens with zero attached hydrogens (tertiary/aromatic N) is 1. The molecule has 0 radical (unpaired) electrons. The van der Waals surface area contributed by atoms with Gasteiger partial charge in [0.2, 0.25) is 5.91 Å². The van der Waals surface area contributed by atoms with Gasteiger partial charge in [-0.2, -0.15) is 11.3 Å². The number of thiophene rings is 1. The third-order valence-corrected chi connectivity index (χ3v) is 4.75. The first-order valence-corrected chi connectivity index (χ1v) is 9.12. The summed E-state index contributed by atoms with van der Waals surface area (Å²) in [6.45, 7) is 1.40. The maximum absolute atomic E-state index is 12.8. The van der Waals surface area contributed by atoms with E-state index >= 15 is 0 Å². The molecule has 0 atom stereocenters. The zero-order valence-corrected chi connectivity index (χ0v) is 14.4. The van der Waals surface area contributed by atoms with Crippen molar-refractivity contribution >= 4 is 17.2 Å². The number of carbonyl (C=O) groups is 1. The standard InChI is InChI=1S/C21H21NOS/c23-21(15-20-12-14-24-17-20)22(16-19-9-5-2-6-10-19)13-11-18-7-3-1-4-8-18/h1-10,12,14,17H,11,13,15-16H2. The summed E-state index contributed by atoms with van der Waals surface area (Å²) >= 11 is 1.64. The highest BCUT2D eigenvalue weighted by Crippen LogP contribution is 2.12. The van der Waals surface area contributed by atoms with Crippen LogP contribution in [-0.4, -0.2) is 17.4 Å². The van der Waals surface area contributed by atoms with Crippen molar-refractivity contribution in [3.63, 3.8) is 0 Å². The molecule has 24 heavy (non-hydrogen) atoms. The van der Waals surface area contributed by atoms with Crippen molar-refractivity contribution in [2.45, 2.75) is 19.4 Å². The Hall–Kier alpha value is -2.39. The van der Waals surface area contributed by atoms with Crippen LogP contribution in [0.1, 0.15) is 16.7 Å². The van der Waals surface area contributed by atoms with Crippen molar-refractivity contribution in [2.24, 2.45) is 0 Å². The molecule has 0 bridgehead atoms. The Balaban J connectivity index is 1.68. The van der Waals surface area contributed by atoms with E-state index in [4.69, 9.17) is 0 Å². The monoisotopic (exact) mass is 335 g/mol. The van der Waals surface area contributed by atoms with Gasteiger partial charge in [-0.05, 0) is 39.9 Å². The minimum atomic E-state index is 0.188. The largest absolute Gasteiger partial charge is 0.338 e. The fourth-order valence-electron chi connectivity index (χ4n) is 2.68. The van der Waals surface area contributed by atoms with Crippen molar-refractivity contribution in [1.29, 1.82) is 0 Å². The van der Waals surface area contributed by atoms with Gasteiger partial charge in [-0.3, -0.25) is 4.79 Å². The molecule has 1 heterocycles. The first kappa shape index (κ1) is 16.5. The Morgan fingerprint density at radius 1 is 0.833 bits per heavy atom. The SMILES string of the molecule is O=C(Cc1ccsc1)N(CCc1ccccc1)Cc1ccccc1. The summed E-state index contributed by atoms with van der Waals surface area (Å²) in [4.78, 5) is 14.7. The van der Waals surface area contributed by atoms with E-state index in [-0.39, 0.29) is 5.91 Å². The van der Waals surface area contributed by atoms with Gasteiger partial charge in [-0.15, -0.1) is 0 Å². The lowest BCUT2D eigenvalue weighted by Gasteiger charge is -2.23. The van der Waals surface area contributed by atoms with Crippen molar-refractivity contribution < 1.29 is 4.79 Å². The molecule has 0 aliphatic rings. The molecule has 0 N–H and O–H groups in total. The van der Waals surface area contributed by atoms with Crippen LogP contribution in [0.5, 0.6) is 0 Å². The summed E-state index contributed by atoms with van der Waals surface area (Å²) in [6, 6.07) is 22.6. The first-order valence-electron chi connectivity index (χ1n) is 8.18. The molecule has 0 unspecified atom stereocenters. The molecule has 122 valence electrons. The third-order valence-electron chi connectivity index (χ3n) is 4.02. The molecule has 0 fully saturated rings. The van der Waals surface area contributed by atoms with Crippen molar-refractivity contribution in [1.82, 2.24) is 4.90 Å². The molecule has 3 heteroatoms. The summed E-state index contributed by atoms with van der Waals surface area (Å²) in [7, 11) is 0. The van der Waals surface area contributed by atoms with E-state index in [1.165, 1.54) is 11.1 Å². The predicted octanol–water partition coefficient (Wildman–Crippen LogP) is 4.56. The van der Waals surface area contributed by atoms with E-state index < -0.39 is 0 Å². The van der Waals surface area contributed by atoms with Crippen LogP contribution in [0.2, 0.25) is 0 Å². The van der Waals surface area contributed by atoms with Gasteiger partial charge in [0, 0.05) is 13.1 Å². The van der Waals surface area contributed by atoms with Gasteiger partial charge in [0.15, 0.2) is 0 Å². The van der Waals surface area contributed by atoms with Gasteiger partial charge in [-0.25, -0.2) is 0 Å². The van der Waals surface area contributed by atoms with E-state index in [1.54, 1.807) is 11.3 Å². The van der Waals surface area contributed by atoms with Crippen LogP contribution in [0.4, 0.5) is 0 Å². The van der Waals surface area contributed by atoms with Gasteiger partial charge < -0.3 is 4.90 Å². The number of rotatable bonds is 7. The minimum Gasteiger partial charge on any atom is -0.338 e. The zero-order valence-electron chi connectivity index (χ0n) is 13.6. The molecule has 1 aromatic heterocycles. The number of hydrogen-bond donors (Lipinski definition) is 0. The number of benzene rings is 2. The highest BCUT2D eigenvalue weighted by Gasteiger charge is 2.15. The molecule has 0 spiro atoms. The van der Waals surface area contributed by atoms with Gasteiger partial charge in [0.1, 0.15) is 0 Å².